The van der Waals surface area contributed by atoms with E-state index in [1.807, 2.05) is 61.5 Å². The molecular weight excluding hydrogens is 348 g/mol. The summed E-state index contributed by atoms with van der Waals surface area (Å²) in [6, 6.07) is 17.1. The van der Waals surface area contributed by atoms with Crippen LogP contribution in [0.3, 0.4) is 0 Å². The van der Waals surface area contributed by atoms with Gasteiger partial charge in [-0.1, -0.05) is 54.6 Å². The van der Waals surface area contributed by atoms with Crippen molar-refractivity contribution in [2.24, 2.45) is 10.7 Å². The fourth-order valence-electron chi connectivity index (χ4n) is 2.51. The van der Waals surface area contributed by atoms with Gasteiger partial charge in [0.25, 0.3) is 0 Å². The van der Waals surface area contributed by atoms with Gasteiger partial charge in [-0.3, -0.25) is 9.79 Å². The van der Waals surface area contributed by atoms with Crippen molar-refractivity contribution in [2.45, 2.75) is 13.8 Å². The average Bonchev–Trinajstić information content (AvgIpc) is 2.68. The number of allylic oxidation sites excluding steroid dienone is 3. The zero-order valence-electron chi connectivity index (χ0n) is 16.2. The van der Waals surface area contributed by atoms with Gasteiger partial charge in [0, 0.05) is 23.1 Å². The molecule has 0 heterocycles. The molecule has 0 unspecified atom stereocenters. The van der Waals surface area contributed by atoms with Crippen molar-refractivity contribution < 1.29 is 4.79 Å². The molecule has 28 heavy (non-hydrogen) atoms. The lowest BCUT2D eigenvalue weighted by atomic mass is 10.1. The van der Waals surface area contributed by atoms with E-state index in [-0.39, 0.29) is 5.91 Å². The van der Waals surface area contributed by atoms with Gasteiger partial charge in [-0.25, -0.2) is 0 Å². The number of amides is 1. The number of nitrogens with two attached hydrogens (primary N) is 2. The molecule has 144 valence electrons. The number of para-hydroxylation sites is 2. The van der Waals surface area contributed by atoms with Crippen molar-refractivity contribution >= 4 is 29.1 Å². The van der Waals surface area contributed by atoms with Crippen LogP contribution in [0.15, 0.2) is 89.1 Å². The van der Waals surface area contributed by atoms with Crippen LogP contribution in [0.25, 0.3) is 6.08 Å². The number of hydrogen-bond donors (Lipinski definition) is 3. The predicted octanol–water partition coefficient (Wildman–Crippen LogP) is 4.17. The molecule has 5 nitrogen and oxygen atoms in total. The molecule has 1 amide bonds. The third-order valence-corrected chi connectivity index (χ3v) is 3.98. The van der Waals surface area contributed by atoms with E-state index in [4.69, 9.17) is 11.5 Å². The van der Waals surface area contributed by atoms with E-state index in [0.29, 0.717) is 23.6 Å². The minimum absolute atomic E-state index is 0.284. The SMILES string of the molecule is CC(=NC/C=C/c1ccccc1)C(/C=C/C(=O)Nc1ccccc1N)=C(C)N. The maximum absolute atomic E-state index is 12.2. The number of rotatable bonds is 7. The summed E-state index contributed by atoms with van der Waals surface area (Å²) in [6.07, 6.45) is 7.10. The smallest absolute Gasteiger partial charge is 0.248 e. The van der Waals surface area contributed by atoms with Crippen LogP contribution in [0.1, 0.15) is 19.4 Å². The van der Waals surface area contributed by atoms with E-state index >= 15 is 0 Å². The van der Waals surface area contributed by atoms with Gasteiger partial charge < -0.3 is 16.8 Å². The van der Waals surface area contributed by atoms with Gasteiger partial charge in [0.15, 0.2) is 0 Å². The first-order valence-corrected chi connectivity index (χ1v) is 9.00. The van der Waals surface area contributed by atoms with Crippen molar-refractivity contribution in [3.05, 3.63) is 89.7 Å². The molecule has 2 rings (SSSR count). The first-order chi connectivity index (χ1) is 13.5. The van der Waals surface area contributed by atoms with Gasteiger partial charge in [-0.2, -0.15) is 0 Å². The Balaban J connectivity index is 2.00. The molecule has 5 heteroatoms. The highest BCUT2D eigenvalue weighted by Crippen LogP contribution is 2.16. The Kier molecular flexibility index (Phi) is 7.78. The number of hydrogen-bond acceptors (Lipinski definition) is 4. The Labute approximate surface area is 166 Å². The second-order valence-electron chi connectivity index (χ2n) is 6.25. The molecule has 0 aliphatic heterocycles. The van der Waals surface area contributed by atoms with E-state index in [1.54, 1.807) is 25.1 Å². The highest BCUT2D eigenvalue weighted by Gasteiger charge is 2.04. The molecule has 0 saturated carbocycles. The van der Waals surface area contributed by atoms with Crippen LogP contribution >= 0.6 is 0 Å². The van der Waals surface area contributed by atoms with Crippen LogP contribution in [0.5, 0.6) is 0 Å². The number of carbonyl (C=O) groups is 1. The van der Waals surface area contributed by atoms with Crippen molar-refractivity contribution in [2.75, 3.05) is 17.6 Å². The Morgan fingerprint density at radius 1 is 1.04 bits per heavy atom. The van der Waals surface area contributed by atoms with E-state index in [9.17, 15) is 4.79 Å². The second kappa shape index (κ2) is 10.5. The van der Waals surface area contributed by atoms with Gasteiger partial charge in [0.1, 0.15) is 0 Å². The van der Waals surface area contributed by atoms with Crippen LogP contribution in [0, 0.1) is 0 Å². The fourth-order valence-corrected chi connectivity index (χ4v) is 2.51. The van der Waals surface area contributed by atoms with E-state index in [0.717, 1.165) is 16.8 Å². The summed E-state index contributed by atoms with van der Waals surface area (Å²) in [5.74, 6) is -0.284. The molecule has 0 spiro atoms. The van der Waals surface area contributed by atoms with Crippen molar-refractivity contribution in [3.63, 3.8) is 0 Å². The summed E-state index contributed by atoms with van der Waals surface area (Å²) >= 11 is 0. The molecule has 2 aromatic rings. The first kappa shape index (κ1) is 20.7. The lowest BCUT2D eigenvalue weighted by Gasteiger charge is -2.07. The third kappa shape index (κ3) is 6.61. The summed E-state index contributed by atoms with van der Waals surface area (Å²) in [5, 5.41) is 2.75. The maximum Gasteiger partial charge on any atom is 0.248 e. The normalized spacial score (nSPS) is 13.0. The second-order valence-corrected chi connectivity index (χ2v) is 6.25. The highest BCUT2D eigenvalue weighted by atomic mass is 16.1. The van der Waals surface area contributed by atoms with Crippen molar-refractivity contribution in [1.82, 2.24) is 0 Å². The Morgan fingerprint density at radius 3 is 2.39 bits per heavy atom. The first-order valence-electron chi connectivity index (χ1n) is 9.00. The highest BCUT2D eigenvalue weighted by molar-refractivity contribution is 6.05. The molecule has 0 aliphatic carbocycles. The maximum atomic E-state index is 12.2. The van der Waals surface area contributed by atoms with Gasteiger partial charge in [0.2, 0.25) is 5.91 Å². The predicted molar refractivity (Wildman–Crippen MR) is 119 cm³/mol. The monoisotopic (exact) mass is 374 g/mol. The van der Waals surface area contributed by atoms with Crippen LogP contribution in [-0.2, 0) is 4.79 Å². The van der Waals surface area contributed by atoms with E-state index < -0.39 is 0 Å². The Morgan fingerprint density at radius 2 is 1.71 bits per heavy atom. The van der Waals surface area contributed by atoms with E-state index in [2.05, 4.69) is 10.3 Å². The molecule has 0 aliphatic rings. The minimum atomic E-state index is -0.284. The van der Waals surface area contributed by atoms with E-state index in [1.165, 1.54) is 6.08 Å². The Bertz CT molecular complexity index is 921. The largest absolute Gasteiger partial charge is 0.402 e. The number of nitrogen functional groups attached to an aromatic ring is 1. The third-order valence-electron chi connectivity index (χ3n) is 3.98. The van der Waals surface area contributed by atoms with Gasteiger partial charge in [-0.05, 0) is 37.6 Å². The van der Waals surface area contributed by atoms with Crippen LogP contribution in [0.4, 0.5) is 11.4 Å². The number of aliphatic imine (C=N–C) groups is 1. The zero-order chi connectivity index (χ0) is 20.4. The van der Waals surface area contributed by atoms with Gasteiger partial charge in [0.05, 0.1) is 17.9 Å². The van der Waals surface area contributed by atoms with Gasteiger partial charge in [-0.15, -0.1) is 0 Å². The summed E-state index contributed by atoms with van der Waals surface area (Å²) in [4.78, 5) is 16.7. The van der Waals surface area contributed by atoms with Crippen molar-refractivity contribution in [1.29, 1.82) is 0 Å². The molecule has 2 aromatic carbocycles. The summed E-state index contributed by atoms with van der Waals surface area (Å²) < 4.78 is 0. The number of carbonyl (C=O) groups excluding carboxylic acids is 1. The molecule has 0 saturated heterocycles. The number of benzene rings is 2. The van der Waals surface area contributed by atoms with Crippen LogP contribution in [-0.4, -0.2) is 18.2 Å². The fraction of sp³-hybridized carbons (Fsp3) is 0.130. The Hall–Kier alpha value is -3.60. The van der Waals surface area contributed by atoms with Gasteiger partial charge >= 0.3 is 0 Å². The number of nitrogens with one attached hydrogen (secondary N) is 1. The molecule has 5 N–H and O–H groups in total. The van der Waals surface area contributed by atoms with Crippen molar-refractivity contribution in [3.8, 4) is 0 Å². The molecule has 0 atom stereocenters. The quantitative estimate of drug-likeness (QED) is 0.294. The number of nitrogens with zero attached hydrogens (tertiary/aromatic N) is 1. The molecule has 0 aromatic heterocycles. The summed E-state index contributed by atoms with van der Waals surface area (Å²) in [7, 11) is 0. The summed E-state index contributed by atoms with van der Waals surface area (Å²) in [6.45, 7) is 4.18. The minimum Gasteiger partial charge on any atom is -0.402 e. The summed E-state index contributed by atoms with van der Waals surface area (Å²) in [5.41, 5.74) is 16.1. The lowest BCUT2D eigenvalue weighted by Crippen LogP contribution is -2.11. The number of anilines is 2. The molecule has 0 radical (unpaired) electrons. The average molecular weight is 374 g/mol. The zero-order valence-corrected chi connectivity index (χ0v) is 16.2. The van der Waals surface area contributed by atoms with Crippen LogP contribution < -0.4 is 16.8 Å². The topological polar surface area (TPSA) is 93.5 Å². The standard InChI is InChI=1S/C23H26N4O/c1-17(24)20(14-15-23(28)27-22-13-7-6-12-21(22)25)18(2)26-16-8-11-19-9-4-3-5-10-19/h3-15H,16,24-25H2,1-2H3,(H,27,28)/b11-8+,15-14+,20-17?,26-18?. The molecule has 0 bridgehead atoms. The lowest BCUT2D eigenvalue weighted by molar-refractivity contribution is -0.111. The molecule has 0 fully saturated rings. The molecular formula is C23H26N4O. The van der Waals surface area contributed by atoms with Crippen LogP contribution in [0.2, 0.25) is 0 Å².